The first-order chi connectivity index (χ1) is 15.1. The van der Waals surface area contributed by atoms with Crippen molar-refractivity contribution in [3.63, 3.8) is 0 Å². The molecule has 5 nitrogen and oxygen atoms in total. The van der Waals surface area contributed by atoms with Crippen LogP contribution in [-0.2, 0) is 17.8 Å². The van der Waals surface area contributed by atoms with E-state index in [1.807, 2.05) is 53.4 Å². The summed E-state index contributed by atoms with van der Waals surface area (Å²) in [5.41, 5.74) is 3.42. The molecule has 160 valence electrons. The maximum absolute atomic E-state index is 13.1. The summed E-state index contributed by atoms with van der Waals surface area (Å²) in [6.45, 7) is 1.56. The van der Waals surface area contributed by atoms with Crippen molar-refractivity contribution < 1.29 is 9.59 Å². The molecule has 2 heterocycles. The molecule has 0 fully saturated rings. The number of rotatable bonds is 6. The van der Waals surface area contributed by atoms with E-state index in [0.717, 1.165) is 17.5 Å². The molecule has 0 aliphatic carbocycles. The number of hydrogen-bond acceptors (Lipinski definition) is 3. The fourth-order valence-electron chi connectivity index (χ4n) is 4.06. The van der Waals surface area contributed by atoms with Gasteiger partial charge in [0.05, 0.1) is 6.04 Å². The van der Waals surface area contributed by atoms with Crippen LogP contribution >= 0.6 is 11.3 Å². The zero-order chi connectivity index (χ0) is 21.6. The van der Waals surface area contributed by atoms with Crippen molar-refractivity contribution in [2.45, 2.75) is 25.4 Å². The van der Waals surface area contributed by atoms with Crippen molar-refractivity contribution in [3.05, 3.63) is 93.7 Å². The zero-order valence-electron chi connectivity index (χ0n) is 17.7. The first kappa shape index (κ1) is 21.1. The lowest BCUT2D eigenvalue weighted by molar-refractivity contribution is -0.133. The van der Waals surface area contributed by atoms with Gasteiger partial charge in [-0.1, -0.05) is 60.7 Å². The maximum Gasteiger partial charge on any atom is 0.317 e. The number of benzene rings is 2. The molecule has 0 radical (unpaired) electrons. The van der Waals surface area contributed by atoms with E-state index in [1.54, 1.807) is 23.3 Å². The van der Waals surface area contributed by atoms with Gasteiger partial charge in [0.2, 0.25) is 5.91 Å². The molecule has 4 rings (SSSR count). The second kappa shape index (κ2) is 9.79. The minimum absolute atomic E-state index is 0.0554. The van der Waals surface area contributed by atoms with Gasteiger partial charge in [-0.3, -0.25) is 4.79 Å². The molecule has 1 N–H and O–H groups in total. The summed E-state index contributed by atoms with van der Waals surface area (Å²) >= 11 is 1.76. The van der Waals surface area contributed by atoms with Crippen molar-refractivity contribution in [2.75, 3.05) is 20.1 Å². The molecule has 0 saturated carbocycles. The Balaban J connectivity index is 1.36. The van der Waals surface area contributed by atoms with E-state index in [2.05, 4.69) is 28.9 Å². The molecule has 31 heavy (non-hydrogen) atoms. The van der Waals surface area contributed by atoms with Crippen LogP contribution in [0, 0.1) is 0 Å². The van der Waals surface area contributed by atoms with Gasteiger partial charge in [0.25, 0.3) is 0 Å². The fraction of sp³-hybridized carbons (Fsp3) is 0.280. The summed E-state index contributed by atoms with van der Waals surface area (Å²) in [4.78, 5) is 30.5. The number of amides is 3. The normalized spacial score (nSPS) is 15.3. The van der Waals surface area contributed by atoms with Crippen LogP contribution in [0.5, 0.6) is 0 Å². The highest BCUT2D eigenvalue weighted by atomic mass is 32.1. The Morgan fingerprint density at radius 2 is 1.77 bits per heavy atom. The average Bonchev–Trinajstić information content (AvgIpc) is 3.28. The largest absolute Gasteiger partial charge is 0.337 e. The minimum Gasteiger partial charge on any atom is -0.337 e. The van der Waals surface area contributed by atoms with Crippen molar-refractivity contribution >= 4 is 23.3 Å². The Kier molecular flexibility index (Phi) is 6.67. The number of carbonyl (C=O) groups is 2. The summed E-state index contributed by atoms with van der Waals surface area (Å²) in [5.74, 6) is 0.0664. The molecule has 0 spiro atoms. The summed E-state index contributed by atoms with van der Waals surface area (Å²) in [6, 6.07) is 22.0. The number of carbonyl (C=O) groups excluding carboxylic acids is 2. The molecule has 1 aromatic heterocycles. The number of urea groups is 1. The smallest absolute Gasteiger partial charge is 0.317 e. The SMILES string of the molecule is CN(Cc1ccccc1)C(=O)NCCC(=O)N1CCc2sccc2C1c1ccccc1. The van der Waals surface area contributed by atoms with E-state index in [1.165, 1.54) is 10.4 Å². The van der Waals surface area contributed by atoms with Crippen LogP contribution in [-0.4, -0.2) is 41.9 Å². The first-order valence-electron chi connectivity index (χ1n) is 10.6. The van der Waals surface area contributed by atoms with Crippen molar-refractivity contribution in [1.29, 1.82) is 0 Å². The number of nitrogens with zero attached hydrogens (tertiary/aromatic N) is 2. The minimum atomic E-state index is -0.171. The summed E-state index contributed by atoms with van der Waals surface area (Å²) in [5, 5.41) is 4.99. The van der Waals surface area contributed by atoms with Gasteiger partial charge in [0.1, 0.15) is 0 Å². The lowest BCUT2D eigenvalue weighted by Crippen LogP contribution is -2.42. The van der Waals surface area contributed by atoms with E-state index in [-0.39, 0.29) is 24.4 Å². The zero-order valence-corrected chi connectivity index (χ0v) is 18.5. The highest BCUT2D eigenvalue weighted by Gasteiger charge is 2.32. The molecule has 1 atom stereocenters. The summed E-state index contributed by atoms with van der Waals surface area (Å²) in [7, 11) is 1.76. The average molecular weight is 434 g/mol. The second-order valence-corrected chi connectivity index (χ2v) is 8.77. The standard InChI is InChI=1S/C25H27N3O2S/c1-27(18-19-8-4-2-5-9-19)25(30)26-15-12-23(29)28-16-13-22-21(14-17-31-22)24(28)20-10-6-3-7-11-20/h2-11,14,17,24H,12-13,15-16,18H2,1H3,(H,26,30). The Bertz CT molecular complexity index is 1020. The third kappa shape index (κ3) is 4.97. The Labute approximate surface area is 187 Å². The summed E-state index contributed by atoms with van der Waals surface area (Å²) in [6.07, 6.45) is 1.17. The molecule has 1 unspecified atom stereocenters. The molecule has 1 aliphatic heterocycles. The maximum atomic E-state index is 13.1. The fourth-order valence-corrected chi connectivity index (χ4v) is 4.97. The van der Waals surface area contributed by atoms with Gasteiger partial charge in [-0.15, -0.1) is 11.3 Å². The van der Waals surface area contributed by atoms with E-state index < -0.39 is 0 Å². The van der Waals surface area contributed by atoms with E-state index in [0.29, 0.717) is 19.6 Å². The molecule has 2 aromatic carbocycles. The lowest BCUT2D eigenvalue weighted by atomic mass is 9.93. The predicted octanol–water partition coefficient (Wildman–Crippen LogP) is 4.45. The molecule has 0 bridgehead atoms. The van der Waals surface area contributed by atoms with E-state index in [4.69, 9.17) is 0 Å². The Morgan fingerprint density at radius 1 is 1.06 bits per heavy atom. The molecule has 6 heteroatoms. The van der Waals surface area contributed by atoms with Crippen LogP contribution < -0.4 is 5.32 Å². The number of fused-ring (bicyclic) bond motifs is 1. The quantitative estimate of drug-likeness (QED) is 0.624. The molecule has 0 saturated heterocycles. The summed E-state index contributed by atoms with van der Waals surface area (Å²) < 4.78 is 0. The van der Waals surface area contributed by atoms with Gasteiger partial charge >= 0.3 is 6.03 Å². The van der Waals surface area contributed by atoms with E-state index in [9.17, 15) is 9.59 Å². The molecule has 3 amide bonds. The van der Waals surface area contributed by atoms with Crippen molar-refractivity contribution in [1.82, 2.24) is 15.1 Å². The van der Waals surface area contributed by atoms with Crippen LogP contribution in [0.15, 0.2) is 72.1 Å². The van der Waals surface area contributed by atoms with Crippen molar-refractivity contribution in [2.24, 2.45) is 0 Å². The van der Waals surface area contributed by atoms with Gasteiger partial charge in [0.15, 0.2) is 0 Å². The number of hydrogen-bond donors (Lipinski definition) is 1. The topological polar surface area (TPSA) is 52.7 Å². The van der Waals surface area contributed by atoms with E-state index >= 15 is 0 Å². The highest BCUT2D eigenvalue weighted by molar-refractivity contribution is 7.10. The third-order valence-electron chi connectivity index (χ3n) is 5.63. The molecular formula is C25H27N3O2S. The molecular weight excluding hydrogens is 406 g/mol. The lowest BCUT2D eigenvalue weighted by Gasteiger charge is -2.36. The first-order valence-corrected chi connectivity index (χ1v) is 11.4. The molecule has 3 aromatic rings. The monoisotopic (exact) mass is 433 g/mol. The van der Waals surface area contributed by atoms with Gasteiger partial charge < -0.3 is 15.1 Å². The third-order valence-corrected chi connectivity index (χ3v) is 6.62. The highest BCUT2D eigenvalue weighted by Crippen LogP contribution is 2.37. The second-order valence-electron chi connectivity index (χ2n) is 7.77. The Morgan fingerprint density at radius 3 is 2.52 bits per heavy atom. The van der Waals surface area contributed by atoms with Crippen LogP contribution in [0.25, 0.3) is 0 Å². The molecule has 1 aliphatic rings. The van der Waals surface area contributed by atoms with Crippen LogP contribution in [0.3, 0.4) is 0 Å². The van der Waals surface area contributed by atoms with Crippen LogP contribution in [0.1, 0.15) is 34.0 Å². The van der Waals surface area contributed by atoms with Crippen LogP contribution in [0.2, 0.25) is 0 Å². The number of thiophene rings is 1. The van der Waals surface area contributed by atoms with Gasteiger partial charge in [-0.25, -0.2) is 4.79 Å². The van der Waals surface area contributed by atoms with Gasteiger partial charge in [-0.2, -0.15) is 0 Å². The van der Waals surface area contributed by atoms with Gasteiger partial charge in [0, 0.05) is 38.0 Å². The van der Waals surface area contributed by atoms with Crippen molar-refractivity contribution in [3.8, 4) is 0 Å². The Hall–Kier alpha value is -3.12. The number of nitrogens with one attached hydrogen (secondary N) is 1. The van der Waals surface area contributed by atoms with Gasteiger partial charge in [-0.05, 0) is 34.6 Å². The van der Waals surface area contributed by atoms with Crippen LogP contribution in [0.4, 0.5) is 4.79 Å². The predicted molar refractivity (Wildman–Crippen MR) is 124 cm³/mol.